The maximum atomic E-state index is 13.2. The summed E-state index contributed by atoms with van der Waals surface area (Å²) >= 11 is 0. The lowest BCUT2D eigenvalue weighted by Gasteiger charge is -2.11. The van der Waals surface area contributed by atoms with E-state index in [0.29, 0.717) is 28.0 Å². The minimum absolute atomic E-state index is 0.0151. The number of aromatic amines is 1. The molecule has 0 unspecified atom stereocenters. The first-order valence-electron chi connectivity index (χ1n) is 11.9. The molecule has 10 nitrogen and oxygen atoms in total. The molecule has 2 aliphatic rings. The van der Waals surface area contributed by atoms with Gasteiger partial charge in [0.2, 0.25) is 11.8 Å². The monoisotopic (exact) mass is 481 g/mol. The van der Waals surface area contributed by atoms with Crippen LogP contribution in [0.5, 0.6) is 0 Å². The Morgan fingerprint density at radius 3 is 2.33 bits per heavy atom. The number of nitrogens with one attached hydrogen (secondary N) is 4. The van der Waals surface area contributed by atoms with Crippen LogP contribution in [0.4, 0.5) is 17.1 Å². The van der Waals surface area contributed by atoms with E-state index in [4.69, 9.17) is 0 Å². The largest absolute Gasteiger partial charge is 0.324 e. The number of anilines is 3. The Morgan fingerprint density at radius 2 is 1.56 bits per heavy atom. The summed E-state index contributed by atoms with van der Waals surface area (Å²) in [4.78, 5) is 45.9. The number of pyridine rings is 2. The van der Waals surface area contributed by atoms with Crippen LogP contribution >= 0.6 is 0 Å². The first kappa shape index (κ1) is 21.9. The highest BCUT2D eigenvalue weighted by Crippen LogP contribution is 2.33. The maximum Gasteiger partial charge on any atom is 0.276 e. The molecule has 0 bridgehead atoms. The van der Waals surface area contributed by atoms with Crippen molar-refractivity contribution >= 4 is 45.7 Å². The van der Waals surface area contributed by atoms with E-state index in [9.17, 15) is 14.4 Å². The third-order valence-corrected chi connectivity index (χ3v) is 6.34. The summed E-state index contributed by atoms with van der Waals surface area (Å²) in [5.41, 5.74) is 4.05. The molecule has 10 heteroatoms. The molecule has 3 aromatic heterocycles. The van der Waals surface area contributed by atoms with Crippen LogP contribution in [-0.2, 0) is 9.59 Å². The zero-order valence-electron chi connectivity index (χ0n) is 19.2. The van der Waals surface area contributed by atoms with Gasteiger partial charge in [0.15, 0.2) is 5.69 Å². The molecule has 36 heavy (non-hydrogen) atoms. The van der Waals surface area contributed by atoms with Crippen LogP contribution in [0, 0.1) is 11.8 Å². The first-order valence-corrected chi connectivity index (χ1v) is 11.9. The molecule has 1 aromatic carbocycles. The quantitative estimate of drug-likeness (QED) is 0.315. The first-order chi connectivity index (χ1) is 17.5. The number of hydrogen-bond acceptors (Lipinski definition) is 6. The number of benzene rings is 1. The van der Waals surface area contributed by atoms with Crippen molar-refractivity contribution in [2.75, 3.05) is 16.0 Å². The number of carbonyl (C=O) groups is 3. The number of H-pyrrole nitrogens is 1. The van der Waals surface area contributed by atoms with Crippen LogP contribution in [0.3, 0.4) is 0 Å². The lowest BCUT2D eigenvalue weighted by Crippen LogP contribution is -2.18. The summed E-state index contributed by atoms with van der Waals surface area (Å²) in [7, 11) is 0. The van der Waals surface area contributed by atoms with Gasteiger partial charge in [0, 0.05) is 35.2 Å². The van der Waals surface area contributed by atoms with Crippen molar-refractivity contribution in [3.05, 3.63) is 60.8 Å². The van der Waals surface area contributed by atoms with E-state index in [-0.39, 0.29) is 29.3 Å². The Balaban J connectivity index is 1.25. The van der Waals surface area contributed by atoms with Crippen molar-refractivity contribution in [2.24, 2.45) is 11.8 Å². The zero-order valence-corrected chi connectivity index (χ0v) is 19.2. The summed E-state index contributed by atoms with van der Waals surface area (Å²) in [6.45, 7) is 0. The van der Waals surface area contributed by atoms with Gasteiger partial charge in [-0.1, -0.05) is 6.07 Å². The fraction of sp³-hybridized carbons (Fsp3) is 0.231. The Morgan fingerprint density at radius 1 is 0.778 bits per heavy atom. The molecular weight excluding hydrogens is 458 g/mol. The molecule has 0 atom stereocenters. The standard InChI is InChI=1S/C26H23N7O3/c34-24(14-1-2-14)29-18-9-17(11-28-12-18)16-5-6-20-19(10-16)23(33-32-20)26(36)31-22-13-27-8-7-21(22)30-25(35)15-3-4-15/h5-15H,1-4H2,(H,29,34)(H,31,36)(H,32,33)(H,27,30,35). The predicted molar refractivity (Wildman–Crippen MR) is 134 cm³/mol. The van der Waals surface area contributed by atoms with E-state index in [0.717, 1.165) is 36.8 Å². The minimum Gasteiger partial charge on any atom is -0.324 e. The van der Waals surface area contributed by atoms with Crippen molar-refractivity contribution in [3.63, 3.8) is 0 Å². The molecule has 0 saturated heterocycles. The molecular formula is C26H23N7O3. The molecule has 180 valence electrons. The summed E-state index contributed by atoms with van der Waals surface area (Å²) in [6, 6.07) is 9.11. The molecule has 3 amide bonds. The third kappa shape index (κ3) is 4.52. The van der Waals surface area contributed by atoms with Gasteiger partial charge in [-0.15, -0.1) is 0 Å². The van der Waals surface area contributed by atoms with E-state index in [2.05, 4.69) is 36.1 Å². The minimum atomic E-state index is -0.433. The number of rotatable bonds is 7. The second-order valence-corrected chi connectivity index (χ2v) is 9.20. The third-order valence-electron chi connectivity index (χ3n) is 6.34. The normalized spacial score (nSPS) is 14.9. The van der Waals surface area contributed by atoms with Gasteiger partial charge in [-0.2, -0.15) is 5.10 Å². The SMILES string of the molecule is O=C(Nc1cnccc1NC(=O)C1CC1)c1n[nH]c2ccc(-c3cncc(NC(=O)C4CC4)c3)cc12. The highest BCUT2D eigenvalue weighted by molar-refractivity contribution is 6.13. The van der Waals surface area contributed by atoms with E-state index >= 15 is 0 Å². The van der Waals surface area contributed by atoms with Crippen LogP contribution in [0.15, 0.2) is 55.1 Å². The average Bonchev–Trinajstić information content (AvgIpc) is 3.81. The Bertz CT molecular complexity index is 1500. The highest BCUT2D eigenvalue weighted by Gasteiger charge is 2.30. The second kappa shape index (κ2) is 8.88. The number of carbonyl (C=O) groups excluding carboxylic acids is 3. The van der Waals surface area contributed by atoms with E-state index < -0.39 is 5.91 Å². The predicted octanol–water partition coefficient (Wildman–Crippen LogP) is 3.97. The molecule has 0 radical (unpaired) electrons. The fourth-order valence-corrected chi connectivity index (χ4v) is 3.99. The summed E-state index contributed by atoms with van der Waals surface area (Å²) < 4.78 is 0. The van der Waals surface area contributed by atoms with Gasteiger partial charge >= 0.3 is 0 Å². The van der Waals surface area contributed by atoms with Gasteiger partial charge in [-0.3, -0.25) is 29.5 Å². The number of fused-ring (bicyclic) bond motifs is 1. The fourth-order valence-electron chi connectivity index (χ4n) is 3.99. The van der Waals surface area contributed by atoms with E-state index in [1.54, 1.807) is 24.7 Å². The Kier molecular flexibility index (Phi) is 5.40. The maximum absolute atomic E-state index is 13.2. The number of aromatic nitrogens is 4. The van der Waals surface area contributed by atoms with Gasteiger partial charge in [0.25, 0.3) is 5.91 Å². The average molecular weight is 482 g/mol. The van der Waals surface area contributed by atoms with Gasteiger partial charge in [-0.05, 0) is 55.5 Å². The topological polar surface area (TPSA) is 142 Å². The van der Waals surface area contributed by atoms with Crippen LogP contribution in [0.1, 0.15) is 36.2 Å². The molecule has 3 heterocycles. The van der Waals surface area contributed by atoms with Crippen molar-refractivity contribution in [2.45, 2.75) is 25.7 Å². The Hall–Kier alpha value is -4.60. The van der Waals surface area contributed by atoms with Crippen LogP contribution in [0.2, 0.25) is 0 Å². The molecule has 2 aliphatic carbocycles. The number of amides is 3. The van der Waals surface area contributed by atoms with Crippen molar-refractivity contribution in [1.29, 1.82) is 0 Å². The Labute approximate surface area is 205 Å². The van der Waals surface area contributed by atoms with Crippen LogP contribution < -0.4 is 16.0 Å². The number of nitrogens with zero attached hydrogens (tertiary/aromatic N) is 3. The van der Waals surface area contributed by atoms with Gasteiger partial charge in [-0.25, -0.2) is 0 Å². The second-order valence-electron chi connectivity index (χ2n) is 9.20. The van der Waals surface area contributed by atoms with E-state index in [1.165, 1.54) is 6.20 Å². The van der Waals surface area contributed by atoms with E-state index in [1.807, 2.05) is 24.3 Å². The molecule has 6 rings (SSSR count). The lowest BCUT2D eigenvalue weighted by molar-refractivity contribution is -0.118. The van der Waals surface area contributed by atoms with Crippen LogP contribution in [0.25, 0.3) is 22.0 Å². The van der Waals surface area contributed by atoms with Gasteiger partial charge in [0.1, 0.15) is 0 Å². The molecule has 4 N–H and O–H groups in total. The summed E-state index contributed by atoms with van der Waals surface area (Å²) in [6.07, 6.45) is 9.99. The van der Waals surface area contributed by atoms with Gasteiger partial charge < -0.3 is 16.0 Å². The molecule has 2 fully saturated rings. The zero-order chi connectivity index (χ0) is 24.6. The molecule has 4 aromatic rings. The van der Waals surface area contributed by atoms with Crippen molar-refractivity contribution in [1.82, 2.24) is 20.2 Å². The lowest BCUT2D eigenvalue weighted by atomic mass is 10.0. The molecule has 0 spiro atoms. The smallest absolute Gasteiger partial charge is 0.276 e. The van der Waals surface area contributed by atoms with Crippen molar-refractivity contribution in [3.8, 4) is 11.1 Å². The summed E-state index contributed by atoms with van der Waals surface area (Å²) in [5.74, 6) is -0.348. The van der Waals surface area contributed by atoms with Crippen molar-refractivity contribution < 1.29 is 14.4 Å². The molecule has 0 aliphatic heterocycles. The number of hydrogen-bond donors (Lipinski definition) is 4. The summed E-state index contributed by atoms with van der Waals surface area (Å²) in [5, 5.41) is 16.3. The van der Waals surface area contributed by atoms with Gasteiger partial charge in [0.05, 0.1) is 35.0 Å². The molecule has 2 saturated carbocycles. The van der Waals surface area contributed by atoms with Crippen LogP contribution in [-0.4, -0.2) is 37.9 Å². The highest BCUT2D eigenvalue weighted by atomic mass is 16.2.